The molecular formula is C21H29NO4. The summed E-state index contributed by atoms with van der Waals surface area (Å²) in [7, 11) is 0. The van der Waals surface area contributed by atoms with Gasteiger partial charge in [-0.15, -0.1) is 0 Å². The van der Waals surface area contributed by atoms with Crippen molar-refractivity contribution >= 4 is 11.9 Å². The van der Waals surface area contributed by atoms with Crippen LogP contribution in [0.2, 0.25) is 0 Å². The van der Waals surface area contributed by atoms with Crippen LogP contribution in [-0.4, -0.2) is 41.1 Å². The van der Waals surface area contributed by atoms with Crippen LogP contribution in [0.4, 0.5) is 0 Å². The standard InChI is InChI=1S/C21H29NO4/c1-13(2)16-6-5-14(3)18(11-16)26-15(4)19(23)22-9-7-21(8-10-22)12-17(21)20(24)25/h5-6,11,13,15,17H,7-10,12H2,1-4H3,(H,24,25). The second-order valence-corrected chi connectivity index (χ2v) is 8.22. The Balaban J connectivity index is 1.59. The van der Waals surface area contributed by atoms with E-state index in [9.17, 15) is 14.7 Å². The van der Waals surface area contributed by atoms with E-state index in [2.05, 4.69) is 19.9 Å². The van der Waals surface area contributed by atoms with Crippen molar-refractivity contribution in [3.63, 3.8) is 0 Å². The van der Waals surface area contributed by atoms with Crippen molar-refractivity contribution in [2.45, 2.75) is 59.0 Å². The maximum absolute atomic E-state index is 12.8. The van der Waals surface area contributed by atoms with Crippen LogP contribution in [0.5, 0.6) is 5.75 Å². The molecule has 2 fully saturated rings. The van der Waals surface area contributed by atoms with E-state index in [1.165, 1.54) is 5.56 Å². The van der Waals surface area contributed by atoms with E-state index in [0.29, 0.717) is 19.0 Å². The molecule has 0 radical (unpaired) electrons. The summed E-state index contributed by atoms with van der Waals surface area (Å²) in [5.41, 5.74) is 2.15. The second-order valence-electron chi connectivity index (χ2n) is 8.22. The minimum absolute atomic E-state index is 0.0123. The van der Waals surface area contributed by atoms with Crippen LogP contribution in [0.25, 0.3) is 0 Å². The predicted molar refractivity (Wildman–Crippen MR) is 99.3 cm³/mol. The van der Waals surface area contributed by atoms with Crippen molar-refractivity contribution in [3.05, 3.63) is 29.3 Å². The van der Waals surface area contributed by atoms with Gasteiger partial charge in [0.2, 0.25) is 0 Å². The van der Waals surface area contributed by atoms with Gasteiger partial charge < -0.3 is 14.7 Å². The van der Waals surface area contributed by atoms with E-state index in [-0.39, 0.29) is 17.2 Å². The van der Waals surface area contributed by atoms with Crippen molar-refractivity contribution in [1.82, 2.24) is 4.90 Å². The Hall–Kier alpha value is -2.04. The first-order chi connectivity index (χ1) is 12.2. The van der Waals surface area contributed by atoms with E-state index in [1.54, 1.807) is 6.92 Å². The van der Waals surface area contributed by atoms with Crippen molar-refractivity contribution in [2.24, 2.45) is 11.3 Å². The molecule has 1 saturated carbocycles. The zero-order valence-corrected chi connectivity index (χ0v) is 16.1. The van der Waals surface area contributed by atoms with E-state index in [4.69, 9.17) is 4.74 Å². The number of piperidine rings is 1. The summed E-state index contributed by atoms with van der Waals surface area (Å²) in [6, 6.07) is 6.15. The van der Waals surface area contributed by atoms with Crippen molar-refractivity contribution in [2.75, 3.05) is 13.1 Å². The Morgan fingerprint density at radius 2 is 1.88 bits per heavy atom. The number of hydrogen-bond acceptors (Lipinski definition) is 3. The van der Waals surface area contributed by atoms with Gasteiger partial charge in [0, 0.05) is 13.1 Å². The fourth-order valence-electron chi connectivity index (χ4n) is 4.02. The van der Waals surface area contributed by atoms with E-state index in [0.717, 1.165) is 30.6 Å². The number of carboxylic acid groups (broad SMARTS) is 1. The van der Waals surface area contributed by atoms with E-state index in [1.807, 2.05) is 24.0 Å². The number of hydrogen-bond donors (Lipinski definition) is 1. The van der Waals surface area contributed by atoms with E-state index < -0.39 is 12.1 Å². The lowest BCUT2D eigenvalue weighted by atomic mass is 9.90. The third-order valence-electron chi connectivity index (χ3n) is 6.09. The first-order valence-corrected chi connectivity index (χ1v) is 9.52. The molecule has 2 aliphatic rings. The molecule has 26 heavy (non-hydrogen) atoms. The highest BCUT2D eigenvalue weighted by atomic mass is 16.5. The van der Waals surface area contributed by atoms with Gasteiger partial charge in [-0.2, -0.15) is 0 Å². The summed E-state index contributed by atoms with van der Waals surface area (Å²) in [5.74, 6) is 0.250. The second kappa shape index (κ2) is 6.93. The SMILES string of the molecule is Cc1ccc(C(C)C)cc1OC(C)C(=O)N1CCC2(CC1)CC2C(=O)O. The van der Waals surface area contributed by atoms with Crippen molar-refractivity contribution in [3.8, 4) is 5.75 Å². The lowest BCUT2D eigenvalue weighted by molar-refractivity contribution is -0.141. The third kappa shape index (κ3) is 3.57. The van der Waals surface area contributed by atoms with Crippen LogP contribution in [0.3, 0.4) is 0 Å². The van der Waals surface area contributed by atoms with Crippen LogP contribution in [0.1, 0.15) is 57.1 Å². The molecule has 2 atom stereocenters. The molecule has 1 aliphatic carbocycles. The molecule has 142 valence electrons. The average molecular weight is 359 g/mol. The molecule has 1 heterocycles. The Labute approximate surface area is 155 Å². The number of likely N-dealkylation sites (tertiary alicyclic amines) is 1. The number of aliphatic carboxylic acids is 1. The molecular weight excluding hydrogens is 330 g/mol. The third-order valence-corrected chi connectivity index (χ3v) is 6.09. The molecule has 1 amide bonds. The Morgan fingerprint density at radius 1 is 1.23 bits per heavy atom. The topological polar surface area (TPSA) is 66.8 Å². The van der Waals surface area contributed by atoms with Gasteiger partial charge in [-0.25, -0.2) is 0 Å². The molecule has 0 bridgehead atoms. The maximum Gasteiger partial charge on any atom is 0.307 e. The summed E-state index contributed by atoms with van der Waals surface area (Å²) < 4.78 is 5.99. The maximum atomic E-state index is 12.8. The van der Waals surface area contributed by atoms with Gasteiger partial charge in [0.1, 0.15) is 5.75 Å². The number of carbonyl (C=O) groups is 2. The summed E-state index contributed by atoms with van der Waals surface area (Å²) >= 11 is 0. The fraction of sp³-hybridized carbons (Fsp3) is 0.619. The smallest absolute Gasteiger partial charge is 0.307 e. The highest BCUT2D eigenvalue weighted by Crippen LogP contribution is 2.59. The molecule has 1 saturated heterocycles. The Kier molecular flexibility index (Phi) is 5.00. The lowest BCUT2D eigenvalue weighted by Gasteiger charge is -2.34. The van der Waals surface area contributed by atoms with Crippen LogP contribution < -0.4 is 4.74 Å². The molecule has 2 unspecified atom stereocenters. The zero-order chi connectivity index (χ0) is 19.1. The van der Waals surface area contributed by atoms with Crippen LogP contribution in [0, 0.1) is 18.3 Å². The highest BCUT2D eigenvalue weighted by molar-refractivity contribution is 5.81. The number of benzene rings is 1. The fourth-order valence-corrected chi connectivity index (χ4v) is 4.02. The summed E-state index contributed by atoms with van der Waals surface area (Å²) in [6.07, 6.45) is 1.78. The summed E-state index contributed by atoms with van der Waals surface area (Å²) in [4.78, 5) is 25.8. The number of rotatable bonds is 5. The van der Waals surface area contributed by atoms with Gasteiger partial charge >= 0.3 is 5.97 Å². The van der Waals surface area contributed by atoms with Gasteiger partial charge in [0.15, 0.2) is 6.10 Å². The quantitative estimate of drug-likeness (QED) is 0.872. The first kappa shape index (κ1) is 18.7. The Morgan fingerprint density at radius 3 is 2.42 bits per heavy atom. The lowest BCUT2D eigenvalue weighted by Crippen LogP contribution is -2.45. The van der Waals surface area contributed by atoms with Crippen LogP contribution >= 0.6 is 0 Å². The van der Waals surface area contributed by atoms with Gasteiger partial charge in [-0.1, -0.05) is 26.0 Å². The molecule has 3 rings (SSSR count). The summed E-state index contributed by atoms with van der Waals surface area (Å²) in [6.45, 7) is 9.30. The van der Waals surface area contributed by atoms with Crippen molar-refractivity contribution in [1.29, 1.82) is 0 Å². The highest BCUT2D eigenvalue weighted by Gasteiger charge is 2.59. The molecule has 1 N–H and O–H groups in total. The minimum Gasteiger partial charge on any atom is -0.481 e. The number of carbonyl (C=O) groups excluding carboxylic acids is 1. The number of amides is 1. The minimum atomic E-state index is -0.693. The largest absolute Gasteiger partial charge is 0.481 e. The number of ether oxygens (including phenoxy) is 1. The van der Waals surface area contributed by atoms with Gasteiger partial charge in [-0.05, 0) is 61.6 Å². The van der Waals surface area contributed by atoms with Crippen LogP contribution in [-0.2, 0) is 9.59 Å². The molecule has 1 aromatic rings. The monoisotopic (exact) mass is 359 g/mol. The molecule has 1 aliphatic heterocycles. The van der Waals surface area contributed by atoms with E-state index >= 15 is 0 Å². The number of aryl methyl sites for hydroxylation is 1. The Bertz CT molecular complexity index is 704. The average Bonchev–Trinajstić information content (AvgIpc) is 3.30. The molecule has 1 aromatic carbocycles. The molecule has 0 aromatic heterocycles. The van der Waals surface area contributed by atoms with Gasteiger partial charge in [0.05, 0.1) is 5.92 Å². The number of carboxylic acids is 1. The predicted octanol–water partition coefficient (Wildman–Crippen LogP) is 3.60. The summed E-state index contributed by atoms with van der Waals surface area (Å²) in [5, 5.41) is 9.18. The molecule has 1 spiro atoms. The molecule has 5 heteroatoms. The normalized spacial score (nSPS) is 22.3. The van der Waals surface area contributed by atoms with Gasteiger partial charge in [-0.3, -0.25) is 9.59 Å². The molecule has 5 nitrogen and oxygen atoms in total. The van der Waals surface area contributed by atoms with Crippen LogP contribution in [0.15, 0.2) is 18.2 Å². The zero-order valence-electron chi connectivity index (χ0n) is 16.1. The van der Waals surface area contributed by atoms with Gasteiger partial charge in [0.25, 0.3) is 5.91 Å². The number of nitrogens with zero attached hydrogens (tertiary/aromatic N) is 1. The first-order valence-electron chi connectivity index (χ1n) is 9.52. The van der Waals surface area contributed by atoms with Crippen molar-refractivity contribution < 1.29 is 19.4 Å².